The fourth-order valence-corrected chi connectivity index (χ4v) is 8.81. The highest BCUT2D eigenvalue weighted by Gasteiger charge is 2.58. The van der Waals surface area contributed by atoms with Crippen molar-refractivity contribution >= 4 is 5.97 Å². The summed E-state index contributed by atoms with van der Waals surface area (Å²) in [7, 11) is 0. The van der Waals surface area contributed by atoms with Crippen LogP contribution in [-0.4, -0.2) is 12.1 Å². The van der Waals surface area contributed by atoms with Crippen LogP contribution in [-0.2, 0) is 9.53 Å². The van der Waals surface area contributed by atoms with E-state index in [0.717, 1.165) is 37.0 Å². The second-order valence-electron chi connectivity index (χ2n) is 12.6. The van der Waals surface area contributed by atoms with E-state index in [-0.39, 0.29) is 12.1 Å². The zero-order chi connectivity index (χ0) is 24.0. The fraction of sp³-hybridized carbons (Fsp3) is 0.774. The van der Waals surface area contributed by atoms with Crippen LogP contribution in [0, 0.1) is 46.3 Å². The van der Waals surface area contributed by atoms with E-state index in [4.69, 9.17) is 4.74 Å². The number of carbonyl (C=O) groups is 1. The van der Waals surface area contributed by atoms with Crippen molar-refractivity contribution in [1.29, 1.82) is 0 Å². The molecule has 0 aromatic carbocycles. The summed E-state index contributed by atoms with van der Waals surface area (Å²) in [6, 6.07) is 0. The summed E-state index contributed by atoms with van der Waals surface area (Å²) in [5.74, 6) is 4.01. The van der Waals surface area contributed by atoms with Gasteiger partial charge in [-0.15, -0.1) is 0 Å². The van der Waals surface area contributed by atoms with Gasteiger partial charge in [0.2, 0.25) is 0 Å². The Balaban J connectivity index is 1.51. The van der Waals surface area contributed by atoms with Crippen molar-refractivity contribution in [3.05, 3.63) is 36.0 Å². The molecule has 3 unspecified atom stereocenters. The normalized spacial score (nSPS) is 42.0. The van der Waals surface area contributed by atoms with E-state index in [1.54, 1.807) is 6.92 Å². The molecule has 33 heavy (non-hydrogen) atoms. The summed E-state index contributed by atoms with van der Waals surface area (Å²) >= 11 is 0. The molecule has 4 rings (SSSR count). The average molecular weight is 453 g/mol. The van der Waals surface area contributed by atoms with Crippen molar-refractivity contribution in [2.75, 3.05) is 0 Å². The van der Waals surface area contributed by atoms with E-state index >= 15 is 0 Å². The maximum Gasteiger partial charge on any atom is 0.302 e. The molecular weight excluding hydrogens is 404 g/mol. The zero-order valence-electron chi connectivity index (χ0n) is 22.2. The standard InChI is InChI=1S/C31H48O2/c1-8-23(20(2)3)10-9-21(4)27-13-14-28-26-12-11-24-19-25(33-22(5)32)15-17-30(24,6)29(26)16-18-31(27,28)7/h9-10,12,21,23-25,27-29H,2,8,11,13-19H2,1,3-7H3/b10-9+/t21-,23-,24?,25?,27?,28+,29+,30+,31-/m1/s1. The Labute approximate surface area is 203 Å². The van der Waals surface area contributed by atoms with Crippen LogP contribution < -0.4 is 0 Å². The molecule has 0 radical (unpaired) electrons. The first-order chi connectivity index (χ1) is 15.6. The third kappa shape index (κ3) is 4.41. The minimum absolute atomic E-state index is 0.113. The summed E-state index contributed by atoms with van der Waals surface area (Å²) in [4.78, 5) is 11.5. The first kappa shape index (κ1) is 24.8. The lowest BCUT2D eigenvalue weighted by molar-refractivity contribution is -0.152. The summed E-state index contributed by atoms with van der Waals surface area (Å²) < 4.78 is 5.64. The van der Waals surface area contributed by atoms with E-state index in [1.807, 2.05) is 5.57 Å². The van der Waals surface area contributed by atoms with Gasteiger partial charge in [-0.1, -0.05) is 63.6 Å². The molecule has 9 atom stereocenters. The molecule has 2 nitrogen and oxygen atoms in total. The fourth-order valence-electron chi connectivity index (χ4n) is 8.81. The molecule has 0 spiro atoms. The van der Waals surface area contributed by atoms with E-state index in [0.29, 0.717) is 28.6 Å². The van der Waals surface area contributed by atoms with Gasteiger partial charge in [0.25, 0.3) is 0 Å². The van der Waals surface area contributed by atoms with Crippen molar-refractivity contribution < 1.29 is 9.53 Å². The molecule has 0 aromatic heterocycles. The lowest BCUT2D eigenvalue weighted by Crippen LogP contribution is -2.50. The monoisotopic (exact) mass is 452 g/mol. The third-order valence-electron chi connectivity index (χ3n) is 10.8. The van der Waals surface area contributed by atoms with Gasteiger partial charge in [-0.3, -0.25) is 4.79 Å². The molecule has 0 aromatic rings. The Kier molecular flexibility index (Phi) is 7.05. The first-order valence-corrected chi connectivity index (χ1v) is 13.8. The molecule has 0 aliphatic heterocycles. The van der Waals surface area contributed by atoms with Gasteiger partial charge < -0.3 is 4.74 Å². The quantitative estimate of drug-likeness (QED) is 0.299. The van der Waals surface area contributed by atoms with E-state index < -0.39 is 0 Å². The molecule has 184 valence electrons. The number of allylic oxidation sites excluding steroid dienone is 5. The molecule has 0 saturated heterocycles. The second kappa shape index (κ2) is 9.38. The van der Waals surface area contributed by atoms with Gasteiger partial charge >= 0.3 is 5.97 Å². The van der Waals surface area contributed by atoms with Crippen LogP contribution in [0.2, 0.25) is 0 Å². The zero-order valence-corrected chi connectivity index (χ0v) is 22.2. The van der Waals surface area contributed by atoms with Crippen LogP contribution >= 0.6 is 0 Å². The molecular formula is C31H48O2. The number of fused-ring (bicyclic) bond motifs is 5. The lowest BCUT2D eigenvalue weighted by atomic mass is 9.47. The highest BCUT2D eigenvalue weighted by atomic mass is 16.5. The predicted molar refractivity (Wildman–Crippen MR) is 138 cm³/mol. The van der Waals surface area contributed by atoms with E-state index in [1.165, 1.54) is 44.1 Å². The number of rotatable bonds is 6. The van der Waals surface area contributed by atoms with Crippen LogP contribution in [0.5, 0.6) is 0 Å². The maximum absolute atomic E-state index is 11.5. The molecule has 0 amide bonds. The minimum Gasteiger partial charge on any atom is -0.463 e. The smallest absolute Gasteiger partial charge is 0.302 e. The Morgan fingerprint density at radius 1 is 1.12 bits per heavy atom. The molecule has 2 heteroatoms. The van der Waals surface area contributed by atoms with Gasteiger partial charge in [0.05, 0.1) is 0 Å². The van der Waals surface area contributed by atoms with Gasteiger partial charge in [0.1, 0.15) is 6.10 Å². The molecule has 0 N–H and O–H groups in total. The topological polar surface area (TPSA) is 26.3 Å². The largest absolute Gasteiger partial charge is 0.463 e. The van der Waals surface area contributed by atoms with Gasteiger partial charge in [-0.2, -0.15) is 0 Å². The number of hydrogen-bond donors (Lipinski definition) is 0. The van der Waals surface area contributed by atoms with E-state index in [9.17, 15) is 4.79 Å². The Morgan fingerprint density at radius 3 is 2.48 bits per heavy atom. The summed E-state index contributed by atoms with van der Waals surface area (Å²) in [5.41, 5.74) is 3.94. The summed E-state index contributed by atoms with van der Waals surface area (Å²) in [6.45, 7) is 17.9. The number of ether oxygens (including phenoxy) is 1. The van der Waals surface area contributed by atoms with Gasteiger partial charge in [0.15, 0.2) is 0 Å². The highest BCUT2D eigenvalue weighted by molar-refractivity contribution is 5.66. The van der Waals surface area contributed by atoms with Crippen molar-refractivity contribution in [3.8, 4) is 0 Å². The average Bonchev–Trinajstić information content (AvgIpc) is 3.11. The molecule has 4 aliphatic carbocycles. The van der Waals surface area contributed by atoms with Gasteiger partial charge in [0, 0.05) is 6.92 Å². The Morgan fingerprint density at radius 2 is 1.82 bits per heavy atom. The number of esters is 1. The van der Waals surface area contributed by atoms with Crippen molar-refractivity contribution in [2.24, 2.45) is 46.3 Å². The Hall–Kier alpha value is -1.31. The van der Waals surface area contributed by atoms with Crippen LogP contribution in [0.25, 0.3) is 0 Å². The predicted octanol–water partition coefficient (Wildman–Crippen LogP) is 8.29. The summed E-state index contributed by atoms with van der Waals surface area (Å²) in [5, 5.41) is 0. The Bertz CT molecular complexity index is 821. The van der Waals surface area contributed by atoms with Gasteiger partial charge in [-0.25, -0.2) is 0 Å². The van der Waals surface area contributed by atoms with Crippen molar-refractivity contribution in [2.45, 2.75) is 105 Å². The van der Waals surface area contributed by atoms with Crippen LogP contribution in [0.15, 0.2) is 36.0 Å². The van der Waals surface area contributed by atoms with Gasteiger partial charge in [-0.05, 0) is 111 Å². The molecule has 0 bridgehead atoms. The third-order valence-corrected chi connectivity index (χ3v) is 10.8. The van der Waals surface area contributed by atoms with Crippen molar-refractivity contribution in [1.82, 2.24) is 0 Å². The second-order valence-corrected chi connectivity index (χ2v) is 12.6. The van der Waals surface area contributed by atoms with Crippen LogP contribution in [0.1, 0.15) is 99.3 Å². The molecule has 0 heterocycles. The first-order valence-electron chi connectivity index (χ1n) is 13.8. The molecule has 3 fully saturated rings. The molecule has 4 aliphatic rings. The number of hydrogen-bond acceptors (Lipinski definition) is 2. The number of carbonyl (C=O) groups excluding carboxylic acids is 1. The molecule has 3 saturated carbocycles. The summed E-state index contributed by atoms with van der Waals surface area (Å²) in [6.07, 6.45) is 18.9. The maximum atomic E-state index is 11.5. The van der Waals surface area contributed by atoms with Crippen LogP contribution in [0.3, 0.4) is 0 Å². The van der Waals surface area contributed by atoms with Crippen molar-refractivity contribution in [3.63, 3.8) is 0 Å². The minimum atomic E-state index is -0.113. The SMILES string of the molecule is C=C(C)[C@@H](/C=C/[C@@H](C)C1CC[C@H]2C3=CCC4CC(OC(C)=O)CC[C@]4(C)[C@H]3CC[C@]12C)CC. The van der Waals surface area contributed by atoms with E-state index in [2.05, 4.69) is 59.4 Å². The highest BCUT2D eigenvalue weighted by Crippen LogP contribution is 2.66. The van der Waals surface area contributed by atoms with Crippen LogP contribution in [0.4, 0.5) is 0 Å². The lowest BCUT2D eigenvalue weighted by Gasteiger charge is -2.58.